The fraction of sp³-hybridized carbons (Fsp3) is 0.250. The van der Waals surface area contributed by atoms with Crippen molar-refractivity contribution in [1.29, 1.82) is 0 Å². The van der Waals surface area contributed by atoms with Crippen LogP contribution in [0.1, 0.15) is 66.8 Å². The predicted octanol–water partition coefficient (Wildman–Crippen LogP) is 13.7. The number of hydrogen-bond acceptors (Lipinski definition) is 0. The molecule has 0 aliphatic heterocycles. The van der Waals surface area contributed by atoms with Crippen molar-refractivity contribution in [2.24, 2.45) is 0 Å². The highest BCUT2D eigenvalue weighted by Crippen LogP contribution is 2.36. The monoisotopic (exact) mass is 628 g/mol. The van der Waals surface area contributed by atoms with Gasteiger partial charge in [0.05, 0.1) is 0 Å². The van der Waals surface area contributed by atoms with Crippen molar-refractivity contribution < 1.29 is 0 Å². The molecule has 6 aromatic carbocycles. The quantitative estimate of drug-likeness (QED) is 0.182. The summed E-state index contributed by atoms with van der Waals surface area (Å²) in [6.45, 7) is 26.4. The Kier molecular flexibility index (Phi) is 10.3. The van der Waals surface area contributed by atoms with E-state index in [4.69, 9.17) is 0 Å². The summed E-state index contributed by atoms with van der Waals surface area (Å²) in [5.41, 5.74) is 26.8. The summed E-state index contributed by atoms with van der Waals surface area (Å²) in [7, 11) is 0. The Morgan fingerprint density at radius 3 is 0.562 bits per heavy atom. The standard InChI is InChI=1S/2C24H26/c2*1-15-10-17(3)23(18(4)11-15)21-8-7-9-22(14-21)24-19(5)12-16(2)13-20(24)6/h2*7-14H,1-6H3. The van der Waals surface area contributed by atoms with E-state index in [1.165, 1.54) is 111 Å². The van der Waals surface area contributed by atoms with Crippen molar-refractivity contribution >= 4 is 0 Å². The molecule has 0 heteroatoms. The molecule has 0 atom stereocenters. The molecule has 48 heavy (non-hydrogen) atoms. The molecule has 0 aliphatic rings. The van der Waals surface area contributed by atoms with Gasteiger partial charge in [0.15, 0.2) is 0 Å². The second kappa shape index (κ2) is 14.2. The summed E-state index contributed by atoms with van der Waals surface area (Å²) in [6, 6.07) is 36.2. The Bertz CT molecular complexity index is 1740. The topological polar surface area (TPSA) is 0 Å². The molecule has 0 radical (unpaired) electrons. The minimum Gasteiger partial charge on any atom is -0.0610 e. The van der Waals surface area contributed by atoms with Crippen LogP contribution in [0.25, 0.3) is 44.5 Å². The Labute approximate surface area is 290 Å². The first-order valence-electron chi connectivity index (χ1n) is 17.3. The van der Waals surface area contributed by atoms with E-state index in [9.17, 15) is 0 Å². The molecular formula is C48H52. The third kappa shape index (κ3) is 7.39. The van der Waals surface area contributed by atoms with Crippen molar-refractivity contribution in [2.45, 2.75) is 83.1 Å². The number of hydrogen-bond donors (Lipinski definition) is 0. The van der Waals surface area contributed by atoms with Crippen molar-refractivity contribution in [1.82, 2.24) is 0 Å². The fourth-order valence-electron chi connectivity index (χ4n) is 8.20. The van der Waals surface area contributed by atoms with E-state index in [1.54, 1.807) is 0 Å². The molecule has 0 fully saturated rings. The van der Waals surface area contributed by atoms with Crippen molar-refractivity contribution in [2.75, 3.05) is 0 Å². The lowest BCUT2D eigenvalue weighted by Crippen LogP contribution is -1.93. The normalized spacial score (nSPS) is 10.9. The molecule has 0 bridgehead atoms. The predicted molar refractivity (Wildman–Crippen MR) is 211 cm³/mol. The average molecular weight is 629 g/mol. The van der Waals surface area contributed by atoms with Crippen LogP contribution in [0.2, 0.25) is 0 Å². The first-order valence-corrected chi connectivity index (χ1v) is 17.3. The summed E-state index contributed by atoms with van der Waals surface area (Å²) in [4.78, 5) is 0. The maximum atomic E-state index is 2.34. The van der Waals surface area contributed by atoms with Gasteiger partial charge in [0.25, 0.3) is 0 Å². The molecule has 0 saturated carbocycles. The molecule has 0 spiro atoms. The molecule has 0 aromatic heterocycles. The van der Waals surface area contributed by atoms with Crippen LogP contribution in [0.15, 0.2) is 97.1 Å². The van der Waals surface area contributed by atoms with Gasteiger partial charge in [0.2, 0.25) is 0 Å². The van der Waals surface area contributed by atoms with Gasteiger partial charge in [-0.15, -0.1) is 0 Å². The van der Waals surface area contributed by atoms with Gasteiger partial charge in [-0.05, 0) is 184 Å². The molecule has 0 saturated heterocycles. The van der Waals surface area contributed by atoms with E-state index in [2.05, 4.69) is 180 Å². The molecule has 0 N–H and O–H groups in total. The molecule has 6 rings (SSSR count). The summed E-state index contributed by atoms with van der Waals surface area (Å²) in [5.74, 6) is 0. The highest BCUT2D eigenvalue weighted by atomic mass is 14.2. The lowest BCUT2D eigenvalue weighted by molar-refractivity contribution is 1.31. The van der Waals surface area contributed by atoms with Crippen LogP contribution in [0.3, 0.4) is 0 Å². The summed E-state index contributed by atoms with van der Waals surface area (Å²) >= 11 is 0. The first-order chi connectivity index (χ1) is 22.7. The second-order valence-corrected chi connectivity index (χ2v) is 14.3. The van der Waals surface area contributed by atoms with Crippen molar-refractivity contribution in [3.05, 3.63) is 164 Å². The highest BCUT2D eigenvalue weighted by molar-refractivity contribution is 5.81. The Morgan fingerprint density at radius 1 is 0.229 bits per heavy atom. The zero-order valence-corrected chi connectivity index (χ0v) is 31.2. The van der Waals surface area contributed by atoms with Gasteiger partial charge in [0.1, 0.15) is 0 Å². The summed E-state index contributed by atoms with van der Waals surface area (Å²) in [5, 5.41) is 0. The molecule has 0 heterocycles. The van der Waals surface area contributed by atoms with Gasteiger partial charge in [0, 0.05) is 0 Å². The summed E-state index contributed by atoms with van der Waals surface area (Å²) < 4.78 is 0. The van der Waals surface area contributed by atoms with Crippen molar-refractivity contribution in [3.8, 4) is 44.5 Å². The van der Waals surface area contributed by atoms with Gasteiger partial charge in [-0.25, -0.2) is 0 Å². The largest absolute Gasteiger partial charge is 0.0610 e. The van der Waals surface area contributed by atoms with E-state index < -0.39 is 0 Å². The number of benzene rings is 6. The van der Waals surface area contributed by atoms with Gasteiger partial charge >= 0.3 is 0 Å². The van der Waals surface area contributed by atoms with E-state index in [1.807, 2.05) is 0 Å². The zero-order chi connectivity index (χ0) is 34.9. The van der Waals surface area contributed by atoms with E-state index in [-0.39, 0.29) is 0 Å². The van der Waals surface area contributed by atoms with Gasteiger partial charge in [-0.1, -0.05) is 107 Å². The van der Waals surface area contributed by atoms with E-state index in [0.29, 0.717) is 0 Å². The average Bonchev–Trinajstić information content (AvgIpc) is 2.96. The molecule has 0 unspecified atom stereocenters. The van der Waals surface area contributed by atoms with E-state index in [0.717, 1.165) is 0 Å². The molecule has 0 nitrogen and oxygen atoms in total. The first kappa shape index (κ1) is 34.6. The zero-order valence-electron chi connectivity index (χ0n) is 31.2. The minimum atomic E-state index is 1.31. The molecule has 6 aromatic rings. The summed E-state index contributed by atoms with van der Waals surface area (Å²) in [6.07, 6.45) is 0. The van der Waals surface area contributed by atoms with Gasteiger partial charge in [-0.3, -0.25) is 0 Å². The maximum absolute atomic E-state index is 2.34. The maximum Gasteiger partial charge on any atom is -0.0125 e. The fourth-order valence-corrected chi connectivity index (χ4v) is 8.20. The van der Waals surface area contributed by atoms with Crippen LogP contribution in [0.4, 0.5) is 0 Å². The molecule has 0 aliphatic carbocycles. The lowest BCUT2D eigenvalue weighted by Gasteiger charge is -2.15. The Hall–Kier alpha value is -4.68. The minimum absolute atomic E-state index is 1.31. The van der Waals surface area contributed by atoms with E-state index >= 15 is 0 Å². The lowest BCUT2D eigenvalue weighted by atomic mass is 9.89. The van der Waals surface area contributed by atoms with Crippen LogP contribution in [-0.4, -0.2) is 0 Å². The van der Waals surface area contributed by atoms with Crippen molar-refractivity contribution in [3.63, 3.8) is 0 Å². The third-order valence-electron chi connectivity index (χ3n) is 9.59. The van der Waals surface area contributed by atoms with Crippen LogP contribution in [0, 0.1) is 83.1 Å². The van der Waals surface area contributed by atoms with Crippen LogP contribution >= 0.6 is 0 Å². The molecule has 244 valence electrons. The smallest absolute Gasteiger partial charge is 0.0125 e. The Balaban J connectivity index is 0.000000188. The number of rotatable bonds is 4. The SMILES string of the molecule is Cc1cc(C)c(-c2cccc(-c3c(C)cc(C)cc3C)c2)c(C)c1.Cc1cc(C)c(-c2cccc(-c3c(C)cc(C)cc3C)c2)c(C)c1. The van der Waals surface area contributed by atoms with Gasteiger partial charge in [-0.2, -0.15) is 0 Å². The van der Waals surface area contributed by atoms with Crippen LogP contribution in [-0.2, 0) is 0 Å². The number of aryl methyl sites for hydroxylation is 12. The van der Waals surface area contributed by atoms with Crippen LogP contribution in [0.5, 0.6) is 0 Å². The Morgan fingerprint density at radius 2 is 0.396 bits per heavy atom. The third-order valence-corrected chi connectivity index (χ3v) is 9.59. The second-order valence-electron chi connectivity index (χ2n) is 14.3. The highest BCUT2D eigenvalue weighted by Gasteiger charge is 2.13. The molecule has 0 amide bonds. The van der Waals surface area contributed by atoms with Crippen LogP contribution < -0.4 is 0 Å². The van der Waals surface area contributed by atoms with Gasteiger partial charge < -0.3 is 0 Å². The molecular weight excluding hydrogens is 577 g/mol.